The highest BCUT2D eigenvalue weighted by molar-refractivity contribution is 5.91. The van der Waals surface area contributed by atoms with Gasteiger partial charge in [-0.2, -0.15) is 5.10 Å². The molecular weight excluding hydrogens is 182 g/mol. The molecule has 0 spiro atoms. The maximum absolute atomic E-state index is 10.6. The molecule has 0 atom stereocenters. The highest BCUT2D eigenvalue weighted by Crippen LogP contribution is 2.28. The standard InChI is InChI=1S/C9H13N3O2/c10-7-5-12(4-6-2-1-3-6)11-8(7)9(13)14/h5-6H,1-4,10H2,(H,13,14). The van der Waals surface area contributed by atoms with E-state index in [1.807, 2.05) is 0 Å². The van der Waals surface area contributed by atoms with E-state index in [0.717, 1.165) is 6.54 Å². The summed E-state index contributed by atoms with van der Waals surface area (Å²) >= 11 is 0. The number of carboxylic acids is 1. The van der Waals surface area contributed by atoms with Crippen molar-refractivity contribution in [3.63, 3.8) is 0 Å². The lowest BCUT2D eigenvalue weighted by Crippen LogP contribution is -2.18. The van der Waals surface area contributed by atoms with Crippen LogP contribution in [0.2, 0.25) is 0 Å². The molecule has 76 valence electrons. The van der Waals surface area contributed by atoms with Crippen LogP contribution in [0.5, 0.6) is 0 Å². The van der Waals surface area contributed by atoms with Gasteiger partial charge < -0.3 is 10.8 Å². The number of carboxylic acid groups (broad SMARTS) is 1. The number of nitrogens with zero attached hydrogens (tertiary/aromatic N) is 2. The molecule has 0 radical (unpaired) electrons. The lowest BCUT2D eigenvalue weighted by atomic mass is 9.85. The molecule has 0 bridgehead atoms. The van der Waals surface area contributed by atoms with E-state index in [2.05, 4.69) is 5.10 Å². The maximum Gasteiger partial charge on any atom is 0.358 e. The van der Waals surface area contributed by atoms with Crippen LogP contribution in [-0.2, 0) is 6.54 Å². The van der Waals surface area contributed by atoms with Gasteiger partial charge in [-0.05, 0) is 18.8 Å². The summed E-state index contributed by atoms with van der Waals surface area (Å²) in [5, 5.41) is 12.7. The number of nitrogen functional groups attached to an aromatic ring is 1. The van der Waals surface area contributed by atoms with Gasteiger partial charge in [0.05, 0.1) is 5.69 Å². The molecule has 0 aromatic carbocycles. The minimum absolute atomic E-state index is 0.0377. The van der Waals surface area contributed by atoms with Crippen LogP contribution in [0.4, 0.5) is 5.69 Å². The van der Waals surface area contributed by atoms with Crippen LogP contribution in [-0.4, -0.2) is 20.9 Å². The van der Waals surface area contributed by atoms with Gasteiger partial charge in [-0.3, -0.25) is 4.68 Å². The molecule has 0 saturated heterocycles. The van der Waals surface area contributed by atoms with Crippen molar-refractivity contribution in [2.75, 3.05) is 5.73 Å². The largest absolute Gasteiger partial charge is 0.476 e. The molecular formula is C9H13N3O2. The van der Waals surface area contributed by atoms with Crippen LogP contribution in [0.25, 0.3) is 0 Å². The van der Waals surface area contributed by atoms with Crippen molar-refractivity contribution in [2.24, 2.45) is 5.92 Å². The first kappa shape index (κ1) is 9.05. The van der Waals surface area contributed by atoms with Crippen molar-refractivity contribution in [2.45, 2.75) is 25.8 Å². The van der Waals surface area contributed by atoms with E-state index >= 15 is 0 Å². The molecule has 1 saturated carbocycles. The summed E-state index contributed by atoms with van der Waals surface area (Å²) in [6, 6.07) is 0. The van der Waals surface area contributed by atoms with E-state index in [1.165, 1.54) is 19.3 Å². The Hall–Kier alpha value is -1.52. The summed E-state index contributed by atoms with van der Waals surface area (Å²) in [7, 11) is 0. The van der Waals surface area contributed by atoms with Gasteiger partial charge in [0.2, 0.25) is 0 Å². The Bertz CT molecular complexity index is 355. The van der Waals surface area contributed by atoms with Crippen LogP contribution in [0, 0.1) is 5.92 Å². The molecule has 3 N–H and O–H groups in total. The third kappa shape index (κ3) is 1.57. The molecule has 1 aromatic rings. The van der Waals surface area contributed by atoms with Crippen LogP contribution in [0.3, 0.4) is 0 Å². The molecule has 14 heavy (non-hydrogen) atoms. The average molecular weight is 195 g/mol. The van der Waals surface area contributed by atoms with Crippen molar-refractivity contribution in [1.82, 2.24) is 9.78 Å². The van der Waals surface area contributed by atoms with Gasteiger partial charge in [0.1, 0.15) is 0 Å². The maximum atomic E-state index is 10.6. The Balaban J connectivity index is 2.10. The Morgan fingerprint density at radius 1 is 1.71 bits per heavy atom. The molecule has 1 aliphatic rings. The minimum Gasteiger partial charge on any atom is -0.476 e. The Morgan fingerprint density at radius 2 is 2.43 bits per heavy atom. The number of aromatic nitrogens is 2. The molecule has 1 aliphatic carbocycles. The second kappa shape index (κ2) is 3.32. The number of carbonyl (C=O) groups is 1. The Morgan fingerprint density at radius 3 is 2.86 bits per heavy atom. The number of hydrogen-bond donors (Lipinski definition) is 2. The predicted molar refractivity (Wildman–Crippen MR) is 50.9 cm³/mol. The van der Waals surface area contributed by atoms with Gasteiger partial charge in [-0.1, -0.05) is 6.42 Å². The van der Waals surface area contributed by atoms with E-state index in [9.17, 15) is 4.79 Å². The van der Waals surface area contributed by atoms with Gasteiger partial charge in [0.15, 0.2) is 5.69 Å². The fourth-order valence-corrected chi connectivity index (χ4v) is 1.64. The summed E-state index contributed by atoms with van der Waals surface area (Å²) in [5.41, 5.74) is 5.72. The van der Waals surface area contributed by atoms with Crippen LogP contribution < -0.4 is 5.73 Å². The van der Waals surface area contributed by atoms with Gasteiger partial charge in [-0.15, -0.1) is 0 Å². The number of hydrogen-bond acceptors (Lipinski definition) is 3. The fourth-order valence-electron chi connectivity index (χ4n) is 1.64. The van der Waals surface area contributed by atoms with E-state index in [-0.39, 0.29) is 11.4 Å². The lowest BCUT2D eigenvalue weighted by molar-refractivity contribution is 0.0690. The van der Waals surface area contributed by atoms with Crippen molar-refractivity contribution in [3.05, 3.63) is 11.9 Å². The molecule has 0 amide bonds. The molecule has 0 aliphatic heterocycles. The van der Waals surface area contributed by atoms with Crippen molar-refractivity contribution in [1.29, 1.82) is 0 Å². The topological polar surface area (TPSA) is 81.1 Å². The SMILES string of the molecule is Nc1cn(CC2CCC2)nc1C(=O)O. The summed E-state index contributed by atoms with van der Waals surface area (Å²) in [6.07, 6.45) is 5.29. The van der Waals surface area contributed by atoms with E-state index < -0.39 is 5.97 Å². The first-order valence-corrected chi connectivity index (χ1v) is 4.73. The van der Waals surface area contributed by atoms with E-state index in [0.29, 0.717) is 5.92 Å². The summed E-state index contributed by atoms with van der Waals surface area (Å²) < 4.78 is 1.64. The normalized spacial score (nSPS) is 16.6. The van der Waals surface area contributed by atoms with Crippen LogP contribution in [0.15, 0.2) is 6.20 Å². The zero-order valence-corrected chi connectivity index (χ0v) is 7.81. The highest BCUT2D eigenvalue weighted by atomic mass is 16.4. The van der Waals surface area contributed by atoms with Gasteiger partial charge in [-0.25, -0.2) is 4.79 Å². The predicted octanol–water partition coefficient (Wildman–Crippen LogP) is 0.964. The molecule has 1 aromatic heterocycles. The summed E-state index contributed by atoms with van der Waals surface area (Å²) in [6.45, 7) is 0.789. The molecule has 5 nitrogen and oxygen atoms in total. The van der Waals surface area contributed by atoms with Crippen molar-refractivity contribution >= 4 is 11.7 Å². The van der Waals surface area contributed by atoms with Crippen molar-refractivity contribution in [3.8, 4) is 0 Å². The van der Waals surface area contributed by atoms with Gasteiger partial charge in [0, 0.05) is 12.7 Å². The Kier molecular flexibility index (Phi) is 2.15. The minimum atomic E-state index is -1.06. The smallest absolute Gasteiger partial charge is 0.358 e. The number of aromatic carboxylic acids is 1. The molecule has 2 rings (SSSR count). The molecule has 1 heterocycles. The van der Waals surface area contributed by atoms with Crippen LogP contribution >= 0.6 is 0 Å². The lowest BCUT2D eigenvalue weighted by Gasteiger charge is -2.24. The Labute approximate surface area is 81.5 Å². The number of rotatable bonds is 3. The monoisotopic (exact) mass is 195 g/mol. The van der Waals surface area contributed by atoms with Crippen molar-refractivity contribution < 1.29 is 9.90 Å². The van der Waals surface area contributed by atoms with Crippen LogP contribution in [0.1, 0.15) is 29.8 Å². The number of anilines is 1. The van der Waals surface area contributed by atoms with E-state index in [4.69, 9.17) is 10.8 Å². The average Bonchev–Trinajstić information content (AvgIpc) is 2.39. The third-order valence-electron chi connectivity index (χ3n) is 2.66. The second-order valence-corrected chi connectivity index (χ2v) is 3.76. The summed E-state index contributed by atoms with van der Waals surface area (Å²) in [4.78, 5) is 10.6. The first-order chi connectivity index (χ1) is 6.66. The zero-order valence-electron chi connectivity index (χ0n) is 7.81. The highest BCUT2D eigenvalue weighted by Gasteiger charge is 2.20. The molecule has 0 unspecified atom stereocenters. The third-order valence-corrected chi connectivity index (χ3v) is 2.66. The first-order valence-electron chi connectivity index (χ1n) is 4.73. The number of nitrogens with two attached hydrogens (primary N) is 1. The van der Waals surface area contributed by atoms with Gasteiger partial charge in [0.25, 0.3) is 0 Å². The fraction of sp³-hybridized carbons (Fsp3) is 0.556. The molecule has 5 heteroatoms. The second-order valence-electron chi connectivity index (χ2n) is 3.76. The summed E-state index contributed by atoms with van der Waals surface area (Å²) in [5.74, 6) is -0.411. The van der Waals surface area contributed by atoms with E-state index in [1.54, 1.807) is 10.9 Å². The molecule has 1 fully saturated rings. The van der Waals surface area contributed by atoms with Gasteiger partial charge >= 0.3 is 5.97 Å². The zero-order chi connectivity index (χ0) is 10.1. The quantitative estimate of drug-likeness (QED) is 0.752.